The highest BCUT2D eigenvalue weighted by Crippen LogP contribution is 2.13. The van der Waals surface area contributed by atoms with Gasteiger partial charge in [-0.15, -0.1) is 0 Å². The van der Waals surface area contributed by atoms with Crippen molar-refractivity contribution < 1.29 is 0 Å². The normalized spacial score (nSPS) is 20.5. The zero-order chi connectivity index (χ0) is 13.7. The molecule has 19 heavy (non-hydrogen) atoms. The predicted molar refractivity (Wildman–Crippen MR) is 82.7 cm³/mol. The lowest BCUT2D eigenvalue weighted by molar-refractivity contribution is 0.440. The van der Waals surface area contributed by atoms with E-state index in [1.807, 2.05) is 0 Å². The van der Waals surface area contributed by atoms with Crippen LogP contribution in [0.25, 0.3) is 0 Å². The van der Waals surface area contributed by atoms with Gasteiger partial charge in [0.2, 0.25) is 0 Å². The third-order valence-electron chi connectivity index (χ3n) is 3.91. The summed E-state index contributed by atoms with van der Waals surface area (Å²) < 4.78 is 0. The van der Waals surface area contributed by atoms with Gasteiger partial charge in [0, 0.05) is 38.4 Å². The molecule has 0 spiro atoms. The number of hydrogen-bond acceptors (Lipinski definition) is 3. The zero-order valence-corrected chi connectivity index (χ0v) is 12.4. The maximum absolute atomic E-state index is 3.62. The van der Waals surface area contributed by atoms with Crippen LogP contribution < -0.4 is 15.5 Å². The van der Waals surface area contributed by atoms with Gasteiger partial charge in [-0.2, -0.15) is 0 Å². The van der Waals surface area contributed by atoms with Crippen molar-refractivity contribution in [2.75, 3.05) is 25.5 Å². The Morgan fingerprint density at radius 2 is 2.05 bits per heavy atom. The van der Waals surface area contributed by atoms with E-state index >= 15 is 0 Å². The summed E-state index contributed by atoms with van der Waals surface area (Å²) in [5.41, 5.74) is 2.61. The van der Waals surface area contributed by atoms with Crippen molar-refractivity contribution in [2.24, 2.45) is 0 Å². The second kappa shape index (κ2) is 6.92. The lowest BCUT2D eigenvalue weighted by Crippen LogP contribution is -2.33. The molecule has 2 rings (SSSR count). The van der Waals surface area contributed by atoms with Gasteiger partial charge < -0.3 is 15.5 Å². The van der Waals surface area contributed by atoms with Gasteiger partial charge in [-0.1, -0.05) is 12.1 Å². The summed E-state index contributed by atoms with van der Waals surface area (Å²) in [6, 6.07) is 10.1. The molecular weight excluding hydrogens is 234 g/mol. The monoisotopic (exact) mass is 261 g/mol. The fourth-order valence-electron chi connectivity index (χ4n) is 2.67. The molecular formula is C16H27N3. The highest BCUT2D eigenvalue weighted by atomic mass is 15.1. The van der Waals surface area contributed by atoms with Crippen LogP contribution in [-0.4, -0.2) is 32.7 Å². The first-order valence-corrected chi connectivity index (χ1v) is 7.38. The Kier molecular flexibility index (Phi) is 5.23. The molecule has 2 N–H and O–H groups in total. The predicted octanol–water partition coefficient (Wildman–Crippen LogP) is 2.37. The van der Waals surface area contributed by atoms with Crippen molar-refractivity contribution in [3.63, 3.8) is 0 Å². The average Bonchev–Trinajstić information content (AvgIpc) is 2.89. The van der Waals surface area contributed by atoms with Crippen LogP contribution in [0.1, 0.15) is 31.7 Å². The first-order valence-electron chi connectivity index (χ1n) is 7.38. The number of nitrogens with zero attached hydrogens (tertiary/aromatic N) is 1. The molecule has 0 aromatic heterocycles. The molecule has 0 bridgehead atoms. The van der Waals surface area contributed by atoms with Crippen LogP contribution in [0.4, 0.5) is 5.69 Å². The Hall–Kier alpha value is -1.06. The van der Waals surface area contributed by atoms with Gasteiger partial charge >= 0.3 is 0 Å². The summed E-state index contributed by atoms with van der Waals surface area (Å²) in [5.74, 6) is 0. The molecule has 1 aliphatic heterocycles. The largest absolute Gasteiger partial charge is 0.378 e. The Balaban J connectivity index is 1.74. The van der Waals surface area contributed by atoms with Crippen LogP contribution in [0.5, 0.6) is 0 Å². The molecule has 1 aromatic carbocycles. The fourth-order valence-corrected chi connectivity index (χ4v) is 2.67. The van der Waals surface area contributed by atoms with E-state index in [0.29, 0.717) is 6.04 Å². The number of rotatable bonds is 6. The van der Waals surface area contributed by atoms with Crippen molar-refractivity contribution in [3.8, 4) is 0 Å². The summed E-state index contributed by atoms with van der Waals surface area (Å²) in [6.07, 6.45) is 3.91. The van der Waals surface area contributed by atoms with Crippen LogP contribution in [0.3, 0.4) is 0 Å². The minimum absolute atomic E-state index is 0.573. The summed E-state index contributed by atoms with van der Waals surface area (Å²) >= 11 is 0. The van der Waals surface area contributed by atoms with Gasteiger partial charge in [0.05, 0.1) is 0 Å². The molecule has 2 unspecified atom stereocenters. The summed E-state index contributed by atoms with van der Waals surface area (Å²) in [6.45, 7) is 4.44. The molecule has 1 aliphatic rings. The maximum Gasteiger partial charge on any atom is 0.0361 e. The van der Waals surface area contributed by atoms with Gasteiger partial charge in [0.25, 0.3) is 0 Å². The highest BCUT2D eigenvalue weighted by Gasteiger charge is 2.16. The molecule has 1 saturated heterocycles. The standard InChI is InChI=1S/C16H27N3/c1-13(11-15-5-4-10-17-15)18-12-14-6-8-16(9-7-14)19(2)3/h6-9,13,15,17-18H,4-5,10-12H2,1-3H3. The molecule has 0 saturated carbocycles. The number of nitrogens with one attached hydrogen (secondary N) is 2. The molecule has 1 fully saturated rings. The van der Waals surface area contributed by atoms with E-state index in [9.17, 15) is 0 Å². The molecule has 0 aliphatic carbocycles. The van der Waals surface area contributed by atoms with Gasteiger partial charge in [0.1, 0.15) is 0 Å². The number of anilines is 1. The Morgan fingerprint density at radius 3 is 2.63 bits per heavy atom. The third kappa shape index (κ3) is 4.51. The van der Waals surface area contributed by atoms with E-state index < -0.39 is 0 Å². The van der Waals surface area contributed by atoms with Crippen molar-refractivity contribution in [1.82, 2.24) is 10.6 Å². The van der Waals surface area contributed by atoms with E-state index in [4.69, 9.17) is 0 Å². The maximum atomic E-state index is 3.62. The van der Waals surface area contributed by atoms with Gasteiger partial charge in [-0.25, -0.2) is 0 Å². The summed E-state index contributed by atoms with van der Waals surface area (Å²) in [5, 5.41) is 7.18. The quantitative estimate of drug-likeness (QED) is 0.823. The molecule has 3 nitrogen and oxygen atoms in total. The first kappa shape index (κ1) is 14.4. The SMILES string of the molecule is CC(CC1CCCN1)NCc1ccc(N(C)C)cc1. The Bertz CT molecular complexity index is 366. The highest BCUT2D eigenvalue weighted by molar-refractivity contribution is 5.45. The Labute approximate surface area is 117 Å². The third-order valence-corrected chi connectivity index (χ3v) is 3.91. The lowest BCUT2D eigenvalue weighted by Gasteiger charge is -2.18. The molecule has 106 valence electrons. The van der Waals surface area contributed by atoms with E-state index in [1.165, 1.54) is 37.1 Å². The topological polar surface area (TPSA) is 27.3 Å². The molecule has 0 radical (unpaired) electrons. The van der Waals surface area contributed by atoms with Gasteiger partial charge in [-0.3, -0.25) is 0 Å². The number of benzene rings is 1. The smallest absolute Gasteiger partial charge is 0.0361 e. The van der Waals surface area contributed by atoms with Crippen molar-refractivity contribution in [2.45, 2.75) is 44.8 Å². The van der Waals surface area contributed by atoms with Crippen LogP contribution in [0, 0.1) is 0 Å². The second-order valence-corrected chi connectivity index (χ2v) is 5.87. The van der Waals surface area contributed by atoms with Crippen LogP contribution in [0.2, 0.25) is 0 Å². The van der Waals surface area contributed by atoms with Crippen molar-refractivity contribution >= 4 is 5.69 Å². The zero-order valence-electron chi connectivity index (χ0n) is 12.4. The first-order chi connectivity index (χ1) is 9.15. The second-order valence-electron chi connectivity index (χ2n) is 5.87. The number of hydrogen-bond donors (Lipinski definition) is 2. The van der Waals surface area contributed by atoms with E-state index in [1.54, 1.807) is 0 Å². The van der Waals surface area contributed by atoms with Gasteiger partial charge in [-0.05, 0) is 50.4 Å². The van der Waals surface area contributed by atoms with Crippen molar-refractivity contribution in [1.29, 1.82) is 0 Å². The molecule has 1 heterocycles. The van der Waals surface area contributed by atoms with Crippen molar-refractivity contribution in [3.05, 3.63) is 29.8 Å². The Morgan fingerprint density at radius 1 is 1.32 bits per heavy atom. The van der Waals surface area contributed by atoms with Gasteiger partial charge in [0.15, 0.2) is 0 Å². The molecule has 2 atom stereocenters. The minimum Gasteiger partial charge on any atom is -0.378 e. The summed E-state index contributed by atoms with van der Waals surface area (Å²) in [4.78, 5) is 2.13. The molecule has 3 heteroatoms. The van der Waals surface area contributed by atoms with E-state index in [-0.39, 0.29) is 0 Å². The van der Waals surface area contributed by atoms with E-state index in [2.05, 4.69) is 60.8 Å². The van der Waals surface area contributed by atoms with E-state index in [0.717, 1.165) is 12.6 Å². The lowest BCUT2D eigenvalue weighted by atomic mass is 10.1. The minimum atomic E-state index is 0.573. The van der Waals surface area contributed by atoms with Crippen LogP contribution in [0.15, 0.2) is 24.3 Å². The fraction of sp³-hybridized carbons (Fsp3) is 0.625. The molecule has 1 aromatic rings. The summed E-state index contributed by atoms with van der Waals surface area (Å²) in [7, 11) is 4.15. The van der Waals surface area contributed by atoms with Crippen LogP contribution >= 0.6 is 0 Å². The average molecular weight is 261 g/mol. The molecule has 0 amide bonds. The van der Waals surface area contributed by atoms with Crippen LogP contribution in [-0.2, 0) is 6.54 Å².